The van der Waals surface area contributed by atoms with Gasteiger partial charge in [-0.25, -0.2) is 0 Å². The summed E-state index contributed by atoms with van der Waals surface area (Å²) in [5.41, 5.74) is 10.9. The lowest BCUT2D eigenvalue weighted by atomic mass is 9.64. The molecule has 2 aliphatic rings. The molecule has 7 aromatic carbocycles. The number of thiophene rings is 1. The molecule has 11 aromatic rings. The van der Waals surface area contributed by atoms with Crippen molar-refractivity contribution in [2.75, 3.05) is 4.90 Å². The zero-order valence-corrected chi connectivity index (χ0v) is 29.6. The van der Waals surface area contributed by atoms with Gasteiger partial charge >= 0.3 is 0 Å². The molecule has 0 radical (unpaired) electrons. The van der Waals surface area contributed by atoms with Crippen LogP contribution in [0.1, 0.15) is 22.3 Å². The summed E-state index contributed by atoms with van der Waals surface area (Å²) in [5.74, 6) is 1.59. The Balaban J connectivity index is 1.25. The Morgan fingerprint density at radius 3 is 1.96 bits per heavy atom. The van der Waals surface area contributed by atoms with E-state index >= 15 is 0 Å². The smallest absolute Gasteiger partial charge is 0.174 e. The molecular formula is C49H28N2O2S. The van der Waals surface area contributed by atoms with E-state index in [0.29, 0.717) is 0 Å². The molecule has 0 fully saturated rings. The van der Waals surface area contributed by atoms with Gasteiger partial charge in [0.05, 0.1) is 56.4 Å². The molecule has 0 saturated carbocycles. The average molecular weight is 709 g/mol. The van der Waals surface area contributed by atoms with Gasteiger partial charge in [0.15, 0.2) is 11.5 Å². The molecule has 0 N–H and O–H groups in total. The van der Waals surface area contributed by atoms with Crippen molar-refractivity contribution in [3.05, 3.63) is 193 Å². The lowest BCUT2D eigenvalue weighted by Gasteiger charge is -2.44. The molecule has 0 bridgehead atoms. The minimum Gasteiger partial charge on any atom is -0.461 e. The van der Waals surface area contributed by atoms with E-state index in [9.17, 15) is 0 Å². The van der Waals surface area contributed by atoms with Crippen LogP contribution in [0.2, 0.25) is 0 Å². The molecule has 0 amide bonds. The summed E-state index contributed by atoms with van der Waals surface area (Å²) in [4.78, 5) is 2.52. The fraction of sp³-hybridized carbons (Fsp3) is 0.0204. The van der Waals surface area contributed by atoms with Gasteiger partial charge in [-0.15, -0.1) is 11.3 Å². The molecule has 5 heterocycles. The first-order chi connectivity index (χ1) is 26.8. The molecule has 5 heteroatoms. The van der Waals surface area contributed by atoms with Crippen molar-refractivity contribution >= 4 is 81.1 Å². The van der Waals surface area contributed by atoms with Crippen molar-refractivity contribution in [1.29, 1.82) is 0 Å². The van der Waals surface area contributed by atoms with E-state index in [1.54, 1.807) is 0 Å². The topological polar surface area (TPSA) is 34.5 Å². The fourth-order valence-electron chi connectivity index (χ4n) is 9.96. The largest absolute Gasteiger partial charge is 0.461 e. The summed E-state index contributed by atoms with van der Waals surface area (Å²) in [5, 5.41) is 7.42. The van der Waals surface area contributed by atoms with Crippen LogP contribution in [0, 0.1) is 0 Å². The minimum absolute atomic E-state index is 0.700. The summed E-state index contributed by atoms with van der Waals surface area (Å²) in [7, 11) is 0. The van der Waals surface area contributed by atoms with Gasteiger partial charge in [-0.2, -0.15) is 0 Å². The molecule has 1 spiro atoms. The van der Waals surface area contributed by atoms with E-state index < -0.39 is 5.41 Å². The van der Waals surface area contributed by atoms with E-state index in [4.69, 9.17) is 8.83 Å². The Bertz CT molecular complexity index is 3330. The highest BCUT2D eigenvalue weighted by atomic mass is 32.1. The highest BCUT2D eigenvalue weighted by Crippen LogP contribution is 2.66. The van der Waals surface area contributed by atoms with Crippen LogP contribution in [0.5, 0.6) is 0 Å². The third kappa shape index (κ3) is 3.35. The standard InChI is InChI=1S/C49H28N2O2S/c1-2-13-30-29(11-1)12-9-20-37(30)50-38-18-6-3-15-33(38)44-40(50)23-24-41-45(44)49(35-25-27-52-46(35)47-36(49)26-28-53-47)34-17-5-7-19-39(34)51(41)42-21-10-16-32-31-14-4-8-22-43(31)54-48(32)42/h1-28H. The number of fused-ring (bicyclic) bond motifs is 17. The molecule has 0 saturated heterocycles. The lowest BCUT2D eigenvalue weighted by molar-refractivity contribution is 0.525. The average Bonchev–Trinajstić information content (AvgIpc) is 4.06. The predicted octanol–water partition coefficient (Wildman–Crippen LogP) is 13.6. The zero-order chi connectivity index (χ0) is 35.1. The molecule has 54 heavy (non-hydrogen) atoms. The van der Waals surface area contributed by atoms with Crippen LogP contribution in [0.3, 0.4) is 0 Å². The number of benzene rings is 7. The number of anilines is 3. The predicted molar refractivity (Wildman–Crippen MR) is 221 cm³/mol. The minimum atomic E-state index is -0.700. The Labute approximate surface area is 313 Å². The number of rotatable bonds is 2. The summed E-state index contributed by atoms with van der Waals surface area (Å²) in [6.45, 7) is 0. The number of furan rings is 2. The maximum Gasteiger partial charge on any atom is 0.174 e. The number of hydrogen-bond acceptors (Lipinski definition) is 4. The Kier molecular flexibility index (Phi) is 5.42. The first kappa shape index (κ1) is 28.7. The van der Waals surface area contributed by atoms with Crippen molar-refractivity contribution < 1.29 is 8.83 Å². The number of nitrogens with zero attached hydrogens (tertiary/aromatic N) is 2. The third-order valence-electron chi connectivity index (χ3n) is 12.0. The quantitative estimate of drug-likeness (QED) is 0.179. The summed E-state index contributed by atoms with van der Waals surface area (Å²) in [6.07, 6.45) is 3.65. The van der Waals surface area contributed by atoms with Crippen molar-refractivity contribution in [2.24, 2.45) is 0 Å². The third-order valence-corrected chi connectivity index (χ3v) is 13.2. The molecular weight excluding hydrogens is 681 g/mol. The summed E-state index contributed by atoms with van der Waals surface area (Å²) in [6, 6.07) is 57.8. The van der Waals surface area contributed by atoms with Gasteiger partial charge in [-0.05, 0) is 65.5 Å². The van der Waals surface area contributed by atoms with Crippen LogP contribution < -0.4 is 4.90 Å². The Morgan fingerprint density at radius 1 is 0.444 bits per heavy atom. The maximum atomic E-state index is 6.33. The van der Waals surface area contributed by atoms with Crippen LogP contribution in [0.15, 0.2) is 179 Å². The van der Waals surface area contributed by atoms with Crippen LogP contribution >= 0.6 is 11.3 Å². The van der Waals surface area contributed by atoms with Crippen molar-refractivity contribution in [3.8, 4) is 17.2 Å². The second-order valence-electron chi connectivity index (χ2n) is 14.4. The van der Waals surface area contributed by atoms with Gasteiger partial charge in [0.2, 0.25) is 0 Å². The van der Waals surface area contributed by atoms with Crippen molar-refractivity contribution in [2.45, 2.75) is 5.41 Å². The van der Waals surface area contributed by atoms with E-state index in [1.807, 2.05) is 23.9 Å². The summed E-state index contributed by atoms with van der Waals surface area (Å²) >= 11 is 1.87. The Morgan fingerprint density at radius 2 is 1.09 bits per heavy atom. The first-order valence-electron chi connectivity index (χ1n) is 18.3. The summed E-state index contributed by atoms with van der Waals surface area (Å²) < 4.78 is 17.7. The van der Waals surface area contributed by atoms with Gasteiger partial charge in [0, 0.05) is 48.3 Å². The van der Waals surface area contributed by atoms with E-state index in [-0.39, 0.29) is 0 Å². The van der Waals surface area contributed by atoms with E-state index in [0.717, 1.165) is 45.2 Å². The second kappa shape index (κ2) is 10.2. The van der Waals surface area contributed by atoms with Crippen LogP contribution in [-0.4, -0.2) is 4.57 Å². The molecule has 4 aromatic heterocycles. The monoisotopic (exact) mass is 708 g/mol. The second-order valence-corrected chi connectivity index (χ2v) is 15.4. The molecule has 4 nitrogen and oxygen atoms in total. The van der Waals surface area contributed by atoms with Crippen molar-refractivity contribution in [3.63, 3.8) is 0 Å². The van der Waals surface area contributed by atoms with Gasteiger partial charge in [-0.1, -0.05) is 103 Å². The number of hydrogen-bond donors (Lipinski definition) is 0. The van der Waals surface area contributed by atoms with Gasteiger partial charge in [0.1, 0.15) is 0 Å². The Hall–Kier alpha value is -6.82. The zero-order valence-electron chi connectivity index (χ0n) is 28.8. The maximum absolute atomic E-state index is 6.33. The normalized spacial score (nSPS) is 14.0. The SMILES string of the molecule is c1ccc2c(c1)N(c1cccc3c1sc1ccccc13)c1ccc3c(c1C21c2ccoc2-c2occc21)c1ccccc1n3-c1cccc2ccccc12. The van der Waals surface area contributed by atoms with E-state index in [2.05, 4.69) is 167 Å². The lowest BCUT2D eigenvalue weighted by Crippen LogP contribution is -2.36. The molecule has 0 unspecified atom stereocenters. The van der Waals surface area contributed by atoms with Gasteiger partial charge in [-0.3, -0.25) is 0 Å². The van der Waals surface area contributed by atoms with E-state index in [1.165, 1.54) is 64.0 Å². The molecule has 1 aliphatic carbocycles. The molecule has 0 atom stereocenters. The molecule has 1 aliphatic heterocycles. The molecule has 13 rings (SSSR count). The number of aromatic nitrogens is 1. The van der Waals surface area contributed by atoms with Crippen LogP contribution in [-0.2, 0) is 5.41 Å². The highest BCUT2D eigenvalue weighted by Gasteiger charge is 2.56. The van der Waals surface area contributed by atoms with Crippen LogP contribution in [0.4, 0.5) is 17.1 Å². The van der Waals surface area contributed by atoms with Crippen molar-refractivity contribution in [1.82, 2.24) is 4.57 Å². The fourth-order valence-corrected chi connectivity index (χ4v) is 11.2. The van der Waals surface area contributed by atoms with Gasteiger partial charge in [0.25, 0.3) is 0 Å². The number of para-hydroxylation sites is 2. The molecule has 252 valence electrons. The first-order valence-corrected chi connectivity index (χ1v) is 19.1. The van der Waals surface area contributed by atoms with Gasteiger partial charge < -0.3 is 18.3 Å². The van der Waals surface area contributed by atoms with Crippen LogP contribution in [0.25, 0.3) is 70.0 Å². The highest BCUT2D eigenvalue weighted by molar-refractivity contribution is 7.26.